The number of aryl methyl sites for hydroxylation is 1. The first-order chi connectivity index (χ1) is 17.4. The summed E-state index contributed by atoms with van der Waals surface area (Å²) in [5, 5.41) is 0. The summed E-state index contributed by atoms with van der Waals surface area (Å²) < 4.78 is 28.2. The maximum absolute atomic E-state index is 15.0. The van der Waals surface area contributed by atoms with Crippen LogP contribution in [0.2, 0.25) is 0 Å². The van der Waals surface area contributed by atoms with Crippen LogP contribution >= 0.6 is 0 Å². The fourth-order valence-electron chi connectivity index (χ4n) is 4.04. The number of imidazole rings is 1. The van der Waals surface area contributed by atoms with E-state index >= 15 is 4.39 Å². The zero-order valence-corrected chi connectivity index (χ0v) is 19.8. The van der Waals surface area contributed by atoms with Crippen molar-refractivity contribution in [1.29, 1.82) is 0 Å². The van der Waals surface area contributed by atoms with E-state index in [1.165, 1.54) is 17.2 Å². The minimum absolute atomic E-state index is 0.0349. The second-order valence-corrected chi connectivity index (χ2v) is 9.15. The molecule has 0 spiro atoms. The van der Waals surface area contributed by atoms with E-state index in [9.17, 15) is 9.59 Å². The fraction of sp³-hybridized carbons (Fsp3) is 0.400. The highest BCUT2D eigenvalue weighted by atomic mass is 19.1. The van der Waals surface area contributed by atoms with E-state index in [1.807, 2.05) is 7.05 Å². The number of hydrogen-bond acceptors (Lipinski definition) is 7. The molecule has 0 bridgehead atoms. The van der Waals surface area contributed by atoms with Crippen molar-refractivity contribution < 1.29 is 23.5 Å². The van der Waals surface area contributed by atoms with Gasteiger partial charge in [0.15, 0.2) is 6.17 Å². The van der Waals surface area contributed by atoms with Crippen molar-refractivity contribution in [3.8, 4) is 22.9 Å². The van der Waals surface area contributed by atoms with Gasteiger partial charge in [-0.05, 0) is 31.0 Å². The molecule has 3 aromatic rings. The number of rotatable bonds is 8. The minimum atomic E-state index is -1.46. The Kier molecular flexibility index (Phi) is 6.53. The van der Waals surface area contributed by atoms with Crippen LogP contribution in [0.5, 0.6) is 11.6 Å². The number of amides is 2. The normalized spacial score (nSPS) is 19.7. The van der Waals surface area contributed by atoms with Crippen molar-refractivity contribution in [2.75, 3.05) is 13.1 Å². The molecule has 0 radical (unpaired) electrons. The van der Waals surface area contributed by atoms with E-state index in [0.717, 1.165) is 12.8 Å². The summed E-state index contributed by atoms with van der Waals surface area (Å²) in [5.74, 6) is -0.297. The summed E-state index contributed by atoms with van der Waals surface area (Å²) in [6, 6.07) is 5.09. The molecule has 1 aliphatic carbocycles. The Morgan fingerprint density at radius 1 is 1.14 bits per heavy atom. The van der Waals surface area contributed by atoms with Crippen molar-refractivity contribution in [2.24, 2.45) is 12.8 Å². The van der Waals surface area contributed by atoms with Gasteiger partial charge in [-0.3, -0.25) is 14.6 Å². The lowest BCUT2D eigenvalue weighted by Gasteiger charge is -2.34. The highest BCUT2D eigenvalue weighted by Crippen LogP contribution is 2.28. The topological polar surface area (TPSA) is 125 Å². The van der Waals surface area contributed by atoms with Gasteiger partial charge in [-0.25, -0.2) is 14.4 Å². The molecule has 1 saturated heterocycles. The lowest BCUT2D eigenvalue weighted by molar-refractivity contribution is -0.134. The molecule has 2 N–H and O–H groups in total. The van der Waals surface area contributed by atoms with Crippen molar-refractivity contribution in [2.45, 2.75) is 44.1 Å². The fourth-order valence-corrected chi connectivity index (χ4v) is 4.04. The number of aromatic nitrogens is 4. The third-order valence-corrected chi connectivity index (χ3v) is 6.17. The number of carbonyl (C=O) groups excluding carboxylic acids is 2. The van der Waals surface area contributed by atoms with E-state index in [4.69, 9.17) is 15.2 Å². The van der Waals surface area contributed by atoms with E-state index in [2.05, 4.69) is 15.0 Å². The lowest BCUT2D eigenvalue weighted by atomic mass is 10.0. The number of piperidine rings is 1. The van der Waals surface area contributed by atoms with Gasteiger partial charge in [-0.1, -0.05) is 0 Å². The molecule has 10 nitrogen and oxygen atoms in total. The Morgan fingerprint density at radius 3 is 2.61 bits per heavy atom. The van der Waals surface area contributed by atoms with Gasteiger partial charge >= 0.3 is 0 Å². The number of hydrogen-bond donors (Lipinski definition) is 1. The van der Waals surface area contributed by atoms with Crippen LogP contribution in [0, 0.1) is 0 Å². The van der Waals surface area contributed by atoms with Crippen molar-refractivity contribution in [3.63, 3.8) is 0 Å². The van der Waals surface area contributed by atoms with Gasteiger partial charge in [-0.2, -0.15) is 0 Å². The zero-order chi connectivity index (χ0) is 25.2. The first-order valence-corrected chi connectivity index (χ1v) is 11.8. The molecule has 0 unspecified atom stereocenters. The second-order valence-electron chi connectivity index (χ2n) is 9.15. The number of pyridine rings is 2. The van der Waals surface area contributed by atoms with Crippen LogP contribution in [0.25, 0.3) is 11.3 Å². The molecule has 2 fully saturated rings. The van der Waals surface area contributed by atoms with Gasteiger partial charge in [0.1, 0.15) is 17.4 Å². The molecule has 188 valence electrons. The summed E-state index contributed by atoms with van der Waals surface area (Å²) >= 11 is 0. The molecule has 2 atom stereocenters. The monoisotopic (exact) mass is 494 g/mol. The molecule has 2 aliphatic rings. The van der Waals surface area contributed by atoms with E-state index in [-0.39, 0.29) is 42.8 Å². The molecule has 36 heavy (non-hydrogen) atoms. The minimum Gasteiger partial charge on any atom is -0.489 e. The average Bonchev–Trinajstić information content (AvgIpc) is 3.58. The van der Waals surface area contributed by atoms with Gasteiger partial charge < -0.3 is 24.7 Å². The highest BCUT2D eigenvalue weighted by Gasteiger charge is 2.34. The third kappa shape index (κ3) is 5.45. The van der Waals surface area contributed by atoms with Gasteiger partial charge in [-0.15, -0.1) is 0 Å². The Labute approximate surface area is 207 Å². The first-order valence-electron chi connectivity index (χ1n) is 11.8. The van der Waals surface area contributed by atoms with Crippen LogP contribution in [0.3, 0.4) is 0 Å². The summed E-state index contributed by atoms with van der Waals surface area (Å²) in [4.78, 5) is 39.0. The maximum Gasteiger partial charge on any atom is 0.254 e. The maximum atomic E-state index is 15.0. The molecule has 3 aromatic heterocycles. The van der Waals surface area contributed by atoms with Crippen molar-refractivity contribution in [1.82, 2.24) is 24.4 Å². The van der Waals surface area contributed by atoms with E-state index in [1.54, 1.807) is 35.4 Å². The van der Waals surface area contributed by atoms with Crippen LogP contribution in [-0.4, -0.2) is 67.7 Å². The third-order valence-electron chi connectivity index (χ3n) is 6.17. The summed E-state index contributed by atoms with van der Waals surface area (Å²) in [6.07, 6.45) is 6.91. The number of carbonyl (C=O) groups is 2. The smallest absolute Gasteiger partial charge is 0.254 e. The summed E-state index contributed by atoms with van der Waals surface area (Å²) in [5.41, 5.74) is 7.39. The number of primary amides is 1. The van der Waals surface area contributed by atoms with Crippen molar-refractivity contribution in [3.05, 3.63) is 54.4 Å². The Balaban J connectivity index is 1.19. The average molecular weight is 495 g/mol. The zero-order valence-electron chi connectivity index (χ0n) is 19.8. The standard InChI is InChI=1S/C25H27FN6O4/c1-31-13-21(30-14-31)15-8-19(24(27)34)25(29-10-15)36-22-6-7-32(12-20(22)26)23(33)9-16-2-3-18(11-28-16)35-17-4-5-17/h2-3,8,10-11,13-14,17,20,22H,4-7,9,12H2,1H3,(H2,27,34)/t20-,22-/m0/s1. The van der Waals surface area contributed by atoms with Crippen LogP contribution in [-0.2, 0) is 18.3 Å². The summed E-state index contributed by atoms with van der Waals surface area (Å²) in [6.45, 7) is 0.190. The van der Waals surface area contributed by atoms with Crippen LogP contribution in [0.4, 0.5) is 4.39 Å². The number of nitrogens with two attached hydrogens (primary N) is 1. The lowest BCUT2D eigenvalue weighted by Crippen LogP contribution is -2.49. The number of likely N-dealkylation sites (tertiary alicyclic amines) is 1. The molecule has 1 saturated carbocycles. The Bertz CT molecular complexity index is 1260. The molecule has 4 heterocycles. The molecule has 2 amide bonds. The molecule has 1 aliphatic heterocycles. The number of halogens is 1. The van der Waals surface area contributed by atoms with Gasteiger partial charge in [0.2, 0.25) is 11.8 Å². The second kappa shape index (κ2) is 9.92. The summed E-state index contributed by atoms with van der Waals surface area (Å²) in [7, 11) is 1.83. The largest absolute Gasteiger partial charge is 0.489 e. The SMILES string of the molecule is Cn1cnc(-c2cnc(O[C@H]3CCN(C(=O)Cc4ccc(OC5CC5)cn4)C[C@@H]3F)c(C(N)=O)c2)c1. The van der Waals surface area contributed by atoms with Gasteiger partial charge in [0.05, 0.1) is 37.3 Å². The van der Waals surface area contributed by atoms with Gasteiger partial charge in [0.25, 0.3) is 5.91 Å². The molecular formula is C25H27FN6O4. The van der Waals surface area contributed by atoms with Crippen LogP contribution in [0.15, 0.2) is 43.1 Å². The van der Waals surface area contributed by atoms with Crippen LogP contribution < -0.4 is 15.2 Å². The van der Waals surface area contributed by atoms with E-state index in [0.29, 0.717) is 29.2 Å². The quantitative estimate of drug-likeness (QED) is 0.508. The highest BCUT2D eigenvalue weighted by molar-refractivity contribution is 5.96. The number of alkyl halides is 1. The Hall–Kier alpha value is -4.02. The first kappa shape index (κ1) is 23.7. The predicted molar refractivity (Wildman–Crippen MR) is 127 cm³/mol. The molecule has 5 rings (SSSR count). The van der Waals surface area contributed by atoms with Gasteiger partial charge in [0, 0.05) is 43.7 Å². The van der Waals surface area contributed by atoms with Crippen LogP contribution in [0.1, 0.15) is 35.3 Å². The van der Waals surface area contributed by atoms with E-state index < -0.39 is 18.2 Å². The number of nitrogens with zero attached hydrogens (tertiary/aromatic N) is 5. The van der Waals surface area contributed by atoms with Crippen molar-refractivity contribution >= 4 is 11.8 Å². The molecule has 0 aromatic carbocycles. The molecular weight excluding hydrogens is 467 g/mol. The Morgan fingerprint density at radius 2 is 1.97 bits per heavy atom. The predicted octanol–water partition coefficient (Wildman–Crippen LogP) is 2.08. The molecule has 11 heteroatoms. The number of ether oxygens (including phenoxy) is 2.